The first kappa shape index (κ1) is 15.4. The van der Waals surface area contributed by atoms with Gasteiger partial charge in [0.2, 0.25) is 15.0 Å². The Hall–Kier alpha value is -1.48. The minimum atomic E-state index is -4.72. The van der Waals surface area contributed by atoms with Gasteiger partial charge in [0.15, 0.2) is 0 Å². The van der Waals surface area contributed by atoms with Crippen molar-refractivity contribution in [1.82, 2.24) is 9.97 Å². The van der Waals surface area contributed by atoms with E-state index in [1.54, 1.807) is 17.5 Å². The number of nitrogens with zero attached hydrogens (tertiary/aromatic N) is 2. The number of hydrogen-bond acceptors (Lipinski definition) is 5. The molecule has 1 saturated carbocycles. The molecule has 118 valence electrons. The first-order chi connectivity index (χ1) is 10.3. The zero-order valence-corrected chi connectivity index (χ0v) is 12.8. The van der Waals surface area contributed by atoms with Crippen molar-refractivity contribution in [2.45, 2.75) is 24.2 Å². The molecule has 0 spiro atoms. The first-order valence-corrected chi connectivity index (χ1v) is 9.02. The lowest BCUT2D eigenvalue weighted by molar-refractivity contribution is -0.141. The summed E-state index contributed by atoms with van der Waals surface area (Å²) in [5.74, 6) is -0.189. The van der Waals surface area contributed by atoms with Crippen molar-refractivity contribution < 1.29 is 21.6 Å². The maximum Gasteiger partial charge on any atom is 0.433 e. The lowest BCUT2D eigenvalue weighted by Crippen LogP contribution is -2.17. The normalized spacial score (nSPS) is 16.0. The van der Waals surface area contributed by atoms with Crippen molar-refractivity contribution in [1.29, 1.82) is 0 Å². The van der Waals surface area contributed by atoms with Gasteiger partial charge in [0.05, 0.1) is 16.3 Å². The number of aromatic nitrogens is 2. The maximum absolute atomic E-state index is 13.0. The molecular formula is C13H11F3N2O2S2. The summed E-state index contributed by atoms with van der Waals surface area (Å²) in [5, 5.41) is 0.945. The van der Waals surface area contributed by atoms with E-state index in [-0.39, 0.29) is 17.4 Å². The Morgan fingerprint density at radius 3 is 2.55 bits per heavy atom. The second-order valence-electron chi connectivity index (χ2n) is 5.12. The van der Waals surface area contributed by atoms with Gasteiger partial charge in [-0.2, -0.15) is 13.2 Å². The number of rotatable bonds is 4. The topological polar surface area (TPSA) is 59.9 Å². The van der Waals surface area contributed by atoms with Crippen LogP contribution in [-0.4, -0.2) is 24.1 Å². The van der Waals surface area contributed by atoms with Gasteiger partial charge in [0, 0.05) is 0 Å². The van der Waals surface area contributed by atoms with Crippen molar-refractivity contribution >= 4 is 21.2 Å². The average Bonchev–Trinajstić information content (AvgIpc) is 3.06. The summed E-state index contributed by atoms with van der Waals surface area (Å²) >= 11 is 1.19. The number of hydrogen-bond donors (Lipinski definition) is 0. The minimum absolute atomic E-state index is 0.00771. The third kappa shape index (κ3) is 3.30. The first-order valence-electron chi connectivity index (χ1n) is 6.48. The van der Waals surface area contributed by atoms with Gasteiger partial charge < -0.3 is 0 Å². The van der Waals surface area contributed by atoms with E-state index in [1.807, 2.05) is 0 Å². The zero-order valence-electron chi connectivity index (χ0n) is 11.2. The lowest BCUT2D eigenvalue weighted by atomic mass is 10.3. The zero-order chi connectivity index (χ0) is 16.0. The second-order valence-corrected chi connectivity index (χ2v) is 8.00. The maximum atomic E-state index is 13.0. The lowest BCUT2D eigenvalue weighted by Gasteiger charge is -2.10. The largest absolute Gasteiger partial charge is 0.433 e. The van der Waals surface area contributed by atoms with Crippen LogP contribution in [0.15, 0.2) is 28.7 Å². The van der Waals surface area contributed by atoms with E-state index >= 15 is 0 Å². The molecular weight excluding hydrogens is 337 g/mol. The molecule has 3 rings (SSSR count). The van der Waals surface area contributed by atoms with Crippen LogP contribution in [0.2, 0.25) is 0 Å². The number of halogens is 3. The summed E-state index contributed by atoms with van der Waals surface area (Å²) in [6.07, 6.45) is -3.18. The summed E-state index contributed by atoms with van der Waals surface area (Å²) in [6, 6.07) is 4.03. The summed E-state index contributed by atoms with van der Waals surface area (Å²) in [5.41, 5.74) is -1.26. The molecule has 0 saturated heterocycles. The standard InChI is InChI=1S/C13H11F3N2O2S2/c14-13(15,16)11-6-9(10-2-1-5-21-10)17-12(18-11)22(19,20)7-8-3-4-8/h1-2,5-6,8H,3-4,7H2. The van der Waals surface area contributed by atoms with Crippen LogP contribution in [0.1, 0.15) is 18.5 Å². The molecule has 0 unspecified atom stereocenters. The Morgan fingerprint density at radius 1 is 1.27 bits per heavy atom. The van der Waals surface area contributed by atoms with E-state index < -0.39 is 26.9 Å². The summed E-state index contributed by atoms with van der Waals surface area (Å²) < 4.78 is 63.3. The van der Waals surface area contributed by atoms with Gasteiger partial charge in [0.1, 0.15) is 5.69 Å². The predicted molar refractivity (Wildman–Crippen MR) is 75.1 cm³/mol. The highest BCUT2D eigenvalue weighted by molar-refractivity contribution is 7.91. The van der Waals surface area contributed by atoms with Crippen molar-refractivity contribution in [3.8, 4) is 10.6 Å². The SMILES string of the molecule is O=S(=O)(CC1CC1)c1nc(-c2cccs2)cc(C(F)(F)F)n1. The predicted octanol–water partition coefficient (Wildman–Crippen LogP) is 3.41. The molecule has 2 heterocycles. The van der Waals surface area contributed by atoms with E-state index in [9.17, 15) is 21.6 Å². The Balaban J connectivity index is 2.11. The molecule has 2 aromatic rings. The van der Waals surface area contributed by atoms with Crippen LogP contribution in [-0.2, 0) is 16.0 Å². The Bertz CT molecular complexity index is 782. The number of sulfone groups is 1. The summed E-state index contributed by atoms with van der Waals surface area (Å²) in [7, 11) is -3.91. The van der Waals surface area contributed by atoms with Gasteiger partial charge in [-0.3, -0.25) is 0 Å². The molecule has 0 radical (unpaired) electrons. The molecule has 1 fully saturated rings. The molecule has 0 N–H and O–H groups in total. The van der Waals surface area contributed by atoms with Crippen molar-refractivity contribution in [3.05, 3.63) is 29.3 Å². The van der Waals surface area contributed by atoms with Crippen LogP contribution < -0.4 is 0 Å². The van der Waals surface area contributed by atoms with Crippen molar-refractivity contribution in [3.63, 3.8) is 0 Å². The van der Waals surface area contributed by atoms with E-state index in [1.165, 1.54) is 11.3 Å². The van der Waals surface area contributed by atoms with Crippen LogP contribution in [0, 0.1) is 5.92 Å². The van der Waals surface area contributed by atoms with Gasteiger partial charge in [-0.15, -0.1) is 11.3 Å². The molecule has 1 aliphatic carbocycles. The Morgan fingerprint density at radius 2 is 2.00 bits per heavy atom. The molecule has 0 aliphatic heterocycles. The smallest absolute Gasteiger partial charge is 0.220 e. The fourth-order valence-corrected chi connectivity index (χ4v) is 4.19. The molecule has 0 atom stereocenters. The monoisotopic (exact) mass is 348 g/mol. The Labute approximate surface area is 129 Å². The molecule has 0 bridgehead atoms. The number of alkyl halides is 3. The molecule has 22 heavy (non-hydrogen) atoms. The summed E-state index contributed by atoms with van der Waals surface area (Å²) in [6.45, 7) is 0. The van der Waals surface area contributed by atoms with Gasteiger partial charge >= 0.3 is 6.18 Å². The molecule has 1 aliphatic rings. The summed E-state index contributed by atoms with van der Waals surface area (Å²) in [4.78, 5) is 7.57. The van der Waals surface area contributed by atoms with E-state index in [4.69, 9.17) is 0 Å². The van der Waals surface area contributed by atoms with Crippen LogP contribution in [0.25, 0.3) is 10.6 Å². The fourth-order valence-electron chi connectivity index (χ4n) is 1.93. The van der Waals surface area contributed by atoms with Gasteiger partial charge in [-0.25, -0.2) is 18.4 Å². The molecule has 0 amide bonds. The van der Waals surface area contributed by atoms with Crippen LogP contribution >= 0.6 is 11.3 Å². The molecule has 9 heteroatoms. The van der Waals surface area contributed by atoms with Gasteiger partial charge in [0.25, 0.3) is 0 Å². The van der Waals surface area contributed by atoms with Crippen molar-refractivity contribution in [2.24, 2.45) is 5.92 Å². The van der Waals surface area contributed by atoms with E-state index in [0.29, 0.717) is 4.88 Å². The highest BCUT2D eigenvalue weighted by atomic mass is 32.2. The molecule has 2 aromatic heterocycles. The minimum Gasteiger partial charge on any atom is -0.220 e. The average molecular weight is 348 g/mol. The highest BCUT2D eigenvalue weighted by Gasteiger charge is 2.37. The quantitative estimate of drug-likeness (QED) is 0.795. The molecule has 0 aromatic carbocycles. The van der Waals surface area contributed by atoms with Gasteiger partial charge in [-0.1, -0.05) is 6.07 Å². The van der Waals surface area contributed by atoms with E-state index in [0.717, 1.165) is 18.9 Å². The van der Waals surface area contributed by atoms with Gasteiger partial charge in [-0.05, 0) is 36.3 Å². The second kappa shape index (κ2) is 5.31. The van der Waals surface area contributed by atoms with Crippen LogP contribution in [0.5, 0.6) is 0 Å². The highest BCUT2D eigenvalue weighted by Crippen LogP contribution is 2.34. The van der Waals surface area contributed by atoms with Crippen LogP contribution in [0.4, 0.5) is 13.2 Å². The number of thiophene rings is 1. The van der Waals surface area contributed by atoms with Crippen LogP contribution in [0.3, 0.4) is 0 Å². The van der Waals surface area contributed by atoms with Crippen molar-refractivity contribution in [2.75, 3.05) is 5.75 Å². The fraction of sp³-hybridized carbons (Fsp3) is 0.385. The third-order valence-electron chi connectivity index (χ3n) is 3.20. The Kier molecular flexibility index (Phi) is 3.72. The third-order valence-corrected chi connectivity index (χ3v) is 5.74. The van der Waals surface area contributed by atoms with E-state index in [2.05, 4.69) is 9.97 Å². The molecule has 4 nitrogen and oxygen atoms in total.